The lowest BCUT2D eigenvalue weighted by Gasteiger charge is -2.09. The molecule has 0 atom stereocenters. The number of aryl methyl sites for hydroxylation is 4. The van der Waals surface area contributed by atoms with E-state index in [-0.39, 0.29) is 0 Å². The van der Waals surface area contributed by atoms with Crippen LogP contribution in [0.1, 0.15) is 27.9 Å². The molecule has 1 aromatic heterocycles. The molecule has 2 N–H and O–H groups in total. The lowest BCUT2D eigenvalue weighted by molar-refractivity contribution is 0.758. The molecule has 2 aromatic rings. The number of aromatic nitrogens is 2. The molecule has 0 amide bonds. The van der Waals surface area contributed by atoms with Gasteiger partial charge in [-0.05, 0) is 37.5 Å². The molecular formula is C14H19N3. The van der Waals surface area contributed by atoms with Crippen LogP contribution in [0.2, 0.25) is 0 Å². The lowest BCUT2D eigenvalue weighted by atomic mass is 9.96. The van der Waals surface area contributed by atoms with Gasteiger partial charge < -0.3 is 5.73 Å². The van der Waals surface area contributed by atoms with E-state index in [4.69, 9.17) is 5.73 Å². The van der Waals surface area contributed by atoms with Crippen LogP contribution in [0.5, 0.6) is 0 Å². The van der Waals surface area contributed by atoms with Crippen LogP contribution in [0.15, 0.2) is 18.2 Å². The van der Waals surface area contributed by atoms with Crippen LogP contribution in [-0.4, -0.2) is 9.78 Å². The minimum absolute atomic E-state index is 0.711. The summed E-state index contributed by atoms with van der Waals surface area (Å²) in [6.07, 6.45) is 0.850. The number of nitrogen functional groups attached to an aromatic ring is 1. The van der Waals surface area contributed by atoms with Gasteiger partial charge in [0.05, 0.1) is 5.69 Å². The van der Waals surface area contributed by atoms with Gasteiger partial charge >= 0.3 is 0 Å². The maximum atomic E-state index is 5.79. The summed E-state index contributed by atoms with van der Waals surface area (Å²) < 4.78 is 1.72. The van der Waals surface area contributed by atoms with Crippen molar-refractivity contribution in [3.05, 3.63) is 46.1 Å². The number of hydrogen-bond acceptors (Lipinski definition) is 2. The second-order valence-corrected chi connectivity index (χ2v) is 4.74. The van der Waals surface area contributed by atoms with Crippen LogP contribution in [0.4, 0.5) is 5.82 Å². The Kier molecular flexibility index (Phi) is 2.92. The van der Waals surface area contributed by atoms with Crippen molar-refractivity contribution >= 4 is 5.82 Å². The molecule has 0 aliphatic rings. The number of benzene rings is 1. The summed E-state index contributed by atoms with van der Waals surface area (Å²) in [5.74, 6) is 0.711. The summed E-state index contributed by atoms with van der Waals surface area (Å²) in [4.78, 5) is 0. The van der Waals surface area contributed by atoms with Gasteiger partial charge in [-0.3, -0.25) is 4.68 Å². The Labute approximate surface area is 102 Å². The Bertz CT molecular complexity index is 510. The van der Waals surface area contributed by atoms with Gasteiger partial charge in [-0.15, -0.1) is 0 Å². The molecule has 0 bridgehead atoms. The normalized spacial score (nSPS) is 10.8. The Morgan fingerprint density at radius 3 is 2.18 bits per heavy atom. The highest BCUT2D eigenvalue weighted by Crippen LogP contribution is 2.20. The molecular weight excluding hydrogens is 210 g/mol. The molecule has 17 heavy (non-hydrogen) atoms. The van der Waals surface area contributed by atoms with Crippen molar-refractivity contribution in [3.63, 3.8) is 0 Å². The first-order valence-corrected chi connectivity index (χ1v) is 5.82. The van der Waals surface area contributed by atoms with E-state index < -0.39 is 0 Å². The van der Waals surface area contributed by atoms with E-state index in [1.54, 1.807) is 4.68 Å². The van der Waals surface area contributed by atoms with Gasteiger partial charge in [0.1, 0.15) is 5.82 Å². The predicted octanol–water partition coefficient (Wildman–Crippen LogP) is 2.52. The largest absolute Gasteiger partial charge is 0.384 e. The third-order valence-corrected chi connectivity index (χ3v) is 3.16. The van der Waals surface area contributed by atoms with E-state index in [0.717, 1.165) is 12.1 Å². The first-order valence-electron chi connectivity index (χ1n) is 5.82. The summed E-state index contributed by atoms with van der Waals surface area (Å²) in [7, 11) is 1.87. The molecule has 0 spiro atoms. The zero-order valence-corrected chi connectivity index (χ0v) is 10.9. The van der Waals surface area contributed by atoms with Crippen molar-refractivity contribution in [2.45, 2.75) is 27.2 Å². The van der Waals surface area contributed by atoms with Crippen molar-refractivity contribution in [1.29, 1.82) is 0 Å². The van der Waals surface area contributed by atoms with Gasteiger partial charge in [-0.25, -0.2) is 0 Å². The highest BCUT2D eigenvalue weighted by molar-refractivity contribution is 5.41. The molecule has 0 saturated heterocycles. The minimum Gasteiger partial charge on any atom is -0.384 e. The minimum atomic E-state index is 0.711. The zero-order valence-electron chi connectivity index (χ0n) is 10.9. The molecule has 0 aliphatic heterocycles. The van der Waals surface area contributed by atoms with Gasteiger partial charge in [-0.2, -0.15) is 5.10 Å². The zero-order chi connectivity index (χ0) is 12.6. The molecule has 2 rings (SSSR count). The Morgan fingerprint density at radius 2 is 1.71 bits per heavy atom. The van der Waals surface area contributed by atoms with E-state index in [1.807, 2.05) is 13.1 Å². The number of rotatable bonds is 2. The van der Waals surface area contributed by atoms with E-state index in [0.29, 0.717) is 5.82 Å². The molecule has 90 valence electrons. The lowest BCUT2D eigenvalue weighted by Crippen LogP contribution is -1.99. The third-order valence-electron chi connectivity index (χ3n) is 3.16. The van der Waals surface area contributed by atoms with Crippen LogP contribution >= 0.6 is 0 Å². The summed E-state index contributed by atoms with van der Waals surface area (Å²) in [5.41, 5.74) is 12.1. The molecule has 0 saturated carbocycles. The van der Waals surface area contributed by atoms with Gasteiger partial charge in [-0.1, -0.05) is 17.7 Å². The van der Waals surface area contributed by atoms with Crippen molar-refractivity contribution in [3.8, 4) is 0 Å². The molecule has 3 heteroatoms. The Balaban J connectivity index is 2.36. The topological polar surface area (TPSA) is 43.8 Å². The van der Waals surface area contributed by atoms with E-state index in [2.05, 4.69) is 38.0 Å². The molecule has 1 heterocycles. The maximum Gasteiger partial charge on any atom is 0.121 e. The molecule has 0 unspecified atom stereocenters. The fourth-order valence-electron chi connectivity index (χ4n) is 2.30. The SMILES string of the molecule is Cc1cc(C)c(Cc2cc(N)n(C)n2)c(C)c1. The van der Waals surface area contributed by atoms with Crippen LogP contribution in [0, 0.1) is 20.8 Å². The number of hydrogen-bond donors (Lipinski definition) is 1. The number of anilines is 1. The fourth-order valence-corrected chi connectivity index (χ4v) is 2.30. The van der Waals surface area contributed by atoms with Crippen LogP contribution < -0.4 is 5.73 Å². The van der Waals surface area contributed by atoms with Crippen molar-refractivity contribution < 1.29 is 0 Å². The average molecular weight is 229 g/mol. The molecule has 1 aromatic carbocycles. The quantitative estimate of drug-likeness (QED) is 0.860. The van der Waals surface area contributed by atoms with Crippen LogP contribution in [0.25, 0.3) is 0 Å². The molecule has 0 fully saturated rings. The van der Waals surface area contributed by atoms with Gasteiger partial charge in [0, 0.05) is 19.5 Å². The van der Waals surface area contributed by atoms with Crippen molar-refractivity contribution in [2.24, 2.45) is 7.05 Å². The van der Waals surface area contributed by atoms with Crippen LogP contribution in [0.3, 0.4) is 0 Å². The highest BCUT2D eigenvalue weighted by atomic mass is 15.3. The second kappa shape index (κ2) is 4.24. The van der Waals surface area contributed by atoms with E-state index >= 15 is 0 Å². The summed E-state index contributed by atoms with van der Waals surface area (Å²) in [6.45, 7) is 6.44. The highest BCUT2D eigenvalue weighted by Gasteiger charge is 2.08. The molecule has 0 aliphatic carbocycles. The van der Waals surface area contributed by atoms with Crippen LogP contribution in [-0.2, 0) is 13.5 Å². The first-order chi connectivity index (χ1) is 7.97. The van der Waals surface area contributed by atoms with Crippen molar-refractivity contribution in [2.75, 3.05) is 5.73 Å². The average Bonchev–Trinajstić information content (AvgIpc) is 2.52. The summed E-state index contributed by atoms with van der Waals surface area (Å²) >= 11 is 0. The van der Waals surface area contributed by atoms with E-state index in [9.17, 15) is 0 Å². The molecule has 3 nitrogen and oxygen atoms in total. The summed E-state index contributed by atoms with van der Waals surface area (Å²) in [6, 6.07) is 6.38. The Morgan fingerprint density at radius 1 is 1.12 bits per heavy atom. The third kappa shape index (κ3) is 2.33. The van der Waals surface area contributed by atoms with E-state index in [1.165, 1.54) is 22.3 Å². The monoisotopic (exact) mass is 229 g/mol. The predicted molar refractivity (Wildman–Crippen MR) is 71.1 cm³/mol. The smallest absolute Gasteiger partial charge is 0.121 e. The number of nitrogens with zero attached hydrogens (tertiary/aromatic N) is 2. The molecule has 0 radical (unpaired) electrons. The van der Waals surface area contributed by atoms with Crippen molar-refractivity contribution in [1.82, 2.24) is 9.78 Å². The Hall–Kier alpha value is -1.77. The van der Waals surface area contributed by atoms with Gasteiger partial charge in [0.15, 0.2) is 0 Å². The fraction of sp³-hybridized carbons (Fsp3) is 0.357. The van der Waals surface area contributed by atoms with Gasteiger partial charge in [0.25, 0.3) is 0 Å². The summed E-state index contributed by atoms with van der Waals surface area (Å²) in [5, 5.41) is 4.40. The van der Waals surface area contributed by atoms with Gasteiger partial charge in [0.2, 0.25) is 0 Å². The number of nitrogens with two attached hydrogens (primary N) is 1. The maximum absolute atomic E-state index is 5.79. The standard InChI is InChI=1S/C14H19N3/c1-9-5-10(2)13(11(3)6-9)7-12-8-14(15)17(4)16-12/h5-6,8H,7,15H2,1-4H3. The first kappa shape index (κ1) is 11.7. The second-order valence-electron chi connectivity index (χ2n) is 4.74.